The number of carbonyl (C=O) groups excluding carboxylic acids is 1. The number of amides is 1. The van der Waals surface area contributed by atoms with Crippen LogP contribution in [0.5, 0.6) is 5.75 Å². The molecule has 1 amide bonds. The number of aromatic nitrogens is 3. The van der Waals surface area contributed by atoms with E-state index in [4.69, 9.17) is 4.74 Å². The molecule has 6 nitrogen and oxygen atoms in total. The van der Waals surface area contributed by atoms with Crippen molar-refractivity contribution in [1.82, 2.24) is 14.6 Å². The van der Waals surface area contributed by atoms with Gasteiger partial charge in [-0.1, -0.05) is 12.5 Å². The van der Waals surface area contributed by atoms with Crippen LogP contribution in [-0.4, -0.2) is 27.6 Å². The molecule has 2 heterocycles. The number of rotatable bonds is 4. The number of pyridine rings is 1. The number of hydrogen-bond donors (Lipinski definition) is 1. The minimum absolute atomic E-state index is 0.0168. The molecule has 2 aromatic heterocycles. The summed E-state index contributed by atoms with van der Waals surface area (Å²) in [6.45, 7) is 0. The van der Waals surface area contributed by atoms with Crippen molar-refractivity contribution < 1.29 is 9.53 Å². The molecule has 0 spiro atoms. The Kier molecular flexibility index (Phi) is 3.65. The molecule has 3 aromatic rings. The number of fused-ring (bicyclic) bond motifs is 1. The minimum atomic E-state index is 0.0168. The molecular formula is C18H18N4O2. The Morgan fingerprint density at radius 2 is 2.00 bits per heavy atom. The molecule has 0 bridgehead atoms. The zero-order chi connectivity index (χ0) is 16.5. The number of ether oxygens (including phenoxy) is 1. The molecule has 1 N–H and O–H groups in total. The van der Waals surface area contributed by atoms with E-state index in [2.05, 4.69) is 15.4 Å². The molecule has 0 radical (unpaired) electrons. The fourth-order valence-electron chi connectivity index (χ4n) is 2.82. The third-order valence-electron chi connectivity index (χ3n) is 4.46. The second-order valence-electron chi connectivity index (χ2n) is 5.96. The summed E-state index contributed by atoms with van der Waals surface area (Å²) in [6.07, 6.45) is 3.03. The lowest BCUT2D eigenvalue weighted by Crippen LogP contribution is -2.28. The summed E-state index contributed by atoms with van der Waals surface area (Å²) < 4.78 is 6.94. The number of anilines is 1. The van der Waals surface area contributed by atoms with Gasteiger partial charge in [0, 0.05) is 11.5 Å². The summed E-state index contributed by atoms with van der Waals surface area (Å²) in [4.78, 5) is 16.5. The van der Waals surface area contributed by atoms with Crippen molar-refractivity contribution in [2.45, 2.75) is 19.3 Å². The number of nitrogens with one attached hydrogen (secondary N) is 1. The van der Waals surface area contributed by atoms with Crippen LogP contribution in [0.1, 0.15) is 19.3 Å². The maximum Gasteiger partial charge on any atom is 0.249 e. The molecule has 1 saturated carbocycles. The van der Waals surface area contributed by atoms with Gasteiger partial charge in [0.05, 0.1) is 12.8 Å². The van der Waals surface area contributed by atoms with E-state index in [9.17, 15) is 4.79 Å². The Labute approximate surface area is 139 Å². The van der Waals surface area contributed by atoms with Crippen LogP contribution >= 0.6 is 0 Å². The fraction of sp³-hybridized carbons (Fsp3) is 0.278. The third kappa shape index (κ3) is 2.60. The average Bonchev–Trinajstić information content (AvgIpc) is 2.95. The Hall–Kier alpha value is -2.89. The quantitative estimate of drug-likeness (QED) is 0.801. The van der Waals surface area contributed by atoms with E-state index in [1.54, 1.807) is 11.6 Å². The molecule has 6 heteroatoms. The lowest BCUT2D eigenvalue weighted by molar-refractivity contribution is -0.122. The summed E-state index contributed by atoms with van der Waals surface area (Å²) in [5.74, 6) is 1.28. The van der Waals surface area contributed by atoms with E-state index in [0.717, 1.165) is 36.3 Å². The first-order valence-corrected chi connectivity index (χ1v) is 8.06. The number of nitrogens with zero attached hydrogens (tertiary/aromatic N) is 3. The van der Waals surface area contributed by atoms with Crippen LogP contribution in [0.3, 0.4) is 0 Å². The lowest BCUT2D eigenvalue weighted by atomic mass is 9.85. The maximum atomic E-state index is 12.1. The van der Waals surface area contributed by atoms with Crippen LogP contribution in [0.2, 0.25) is 0 Å². The first-order chi connectivity index (χ1) is 11.7. The van der Waals surface area contributed by atoms with Gasteiger partial charge in [-0.25, -0.2) is 4.52 Å². The van der Waals surface area contributed by atoms with Crippen LogP contribution in [0.25, 0.3) is 16.9 Å². The van der Waals surface area contributed by atoms with E-state index in [-0.39, 0.29) is 11.8 Å². The zero-order valence-electron chi connectivity index (χ0n) is 13.4. The van der Waals surface area contributed by atoms with Crippen molar-refractivity contribution in [2.75, 3.05) is 12.4 Å². The van der Waals surface area contributed by atoms with Crippen molar-refractivity contribution in [1.29, 1.82) is 0 Å². The van der Waals surface area contributed by atoms with Crippen molar-refractivity contribution in [3.05, 3.63) is 42.5 Å². The molecule has 24 heavy (non-hydrogen) atoms. The molecule has 122 valence electrons. The van der Waals surface area contributed by atoms with E-state index >= 15 is 0 Å². The summed E-state index contributed by atoms with van der Waals surface area (Å²) >= 11 is 0. The summed E-state index contributed by atoms with van der Waals surface area (Å²) in [5.41, 5.74) is 2.61. The molecule has 0 atom stereocenters. The first kappa shape index (κ1) is 14.7. The van der Waals surface area contributed by atoms with E-state index < -0.39 is 0 Å². The van der Waals surface area contributed by atoms with Gasteiger partial charge in [0.2, 0.25) is 11.9 Å². The molecule has 0 aliphatic heterocycles. The SMILES string of the molecule is COc1ccc(-c2cccc3nc(NC(=O)C4CCC4)nn23)cc1. The highest BCUT2D eigenvalue weighted by Gasteiger charge is 2.26. The Morgan fingerprint density at radius 1 is 1.21 bits per heavy atom. The van der Waals surface area contributed by atoms with E-state index in [0.29, 0.717) is 11.6 Å². The van der Waals surface area contributed by atoms with Crippen LogP contribution in [0.4, 0.5) is 5.95 Å². The van der Waals surface area contributed by atoms with Gasteiger partial charge < -0.3 is 4.74 Å². The van der Waals surface area contributed by atoms with Gasteiger partial charge in [-0.05, 0) is 49.2 Å². The smallest absolute Gasteiger partial charge is 0.249 e. The van der Waals surface area contributed by atoms with Crippen molar-refractivity contribution >= 4 is 17.5 Å². The second kappa shape index (κ2) is 5.96. The standard InChI is InChI=1S/C18H18N4O2/c1-24-14-10-8-12(9-11-14)15-6-3-7-16-19-18(21-22(15)16)20-17(23)13-4-2-5-13/h3,6-11,13H,2,4-5H2,1H3,(H,20,21,23). The number of benzene rings is 1. The first-order valence-electron chi connectivity index (χ1n) is 8.06. The highest BCUT2D eigenvalue weighted by molar-refractivity contribution is 5.91. The lowest BCUT2D eigenvalue weighted by Gasteiger charge is -2.23. The molecule has 1 fully saturated rings. The highest BCUT2D eigenvalue weighted by Crippen LogP contribution is 2.27. The molecule has 4 rings (SSSR count). The summed E-state index contributed by atoms with van der Waals surface area (Å²) in [5, 5.41) is 7.28. The second-order valence-corrected chi connectivity index (χ2v) is 5.96. The van der Waals surface area contributed by atoms with Crippen LogP contribution in [0.15, 0.2) is 42.5 Å². The number of methoxy groups -OCH3 is 1. The topological polar surface area (TPSA) is 68.5 Å². The van der Waals surface area contributed by atoms with Gasteiger partial charge in [-0.2, -0.15) is 4.98 Å². The predicted octanol–water partition coefficient (Wildman–Crippen LogP) is 3.14. The van der Waals surface area contributed by atoms with Gasteiger partial charge in [0.1, 0.15) is 5.75 Å². The minimum Gasteiger partial charge on any atom is -0.497 e. The maximum absolute atomic E-state index is 12.1. The van der Waals surface area contributed by atoms with Gasteiger partial charge in [0.25, 0.3) is 0 Å². The van der Waals surface area contributed by atoms with Crippen LogP contribution in [0, 0.1) is 5.92 Å². The monoisotopic (exact) mass is 322 g/mol. The Balaban J connectivity index is 1.67. The summed E-state index contributed by atoms with van der Waals surface area (Å²) in [6, 6.07) is 13.5. The highest BCUT2D eigenvalue weighted by atomic mass is 16.5. The zero-order valence-corrected chi connectivity index (χ0v) is 13.4. The van der Waals surface area contributed by atoms with Crippen molar-refractivity contribution in [2.24, 2.45) is 5.92 Å². The van der Waals surface area contributed by atoms with Crippen molar-refractivity contribution in [3.8, 4) is 17.0 Å². The Morgan fingerprint density at radius 3 is 2.67 bits per heavy atom. The van der Waals surface area contributed by atoms with Crippen molar-refractivity contribution in [3.63, 3.8) is 0 Å². The van der Waals surface area contributed by atoms with Gasteiger partial charge >= 0.3 is 0 Å². The molecule has 1 aliphatic carbocycles. The molecule has 0 unspecified atom stereocenters. The summed E-state index contributed by atoms with van der Waals surface area (Å²) in [7, 11) is 1.64. The number of hydrogen-bond acceptors (Lipinski definition) is 4. The van der Waals surface area contributed by atoms with Gasteiger partial charge in [-0.3, -0.25) is 10.1 Å². The van der Waals surface area contributed by atoms with Gasteiger partial charge in [-0.15, -0.1) is 5.10 Å². The van der Waals surface area contributed by atoms with E-state index in [1.165, 1.54) is 0 Å². The molecule has 0 saturated heterocycles. The third-order valence-corrected chi connectivity index (χ3v) is 4.46. The van der Waals surface area contributed by atoms with E-state index in [1.807, 2.05) is 42.5 Å². The largest absolute Gasteiger partial charge is 0.497 e. The normalized spacial score (nSPS) is 14.4. The number of carbonyl (C=O) groups is 1. The van der Waals surface area contributed by atoms with Crippen LogP contribution < -0.4 is 10.1 Å². The molecule has 1 aromatic carbocycles. The molecular weight excluding hydrogens is 304 g/mol. The van der Waals surface area contributed by atoms with Gasteiger partial charge in [0.15, 0.2) is 5.65 Å². The predicted molar refractivity (Wildman–Crippen MR) is 90.9 cm³/mol. The Bertz CT molecular complexity index is 882. The fourth-order valence-corrected chi connectivity index (χ4v) is 2.82. The average molecular weight is 322 g/mol. The van der Waals surface area contributed by atoms with Crippen LogP contribution in [-0.2, 0) is 4.79 Å². The molecule has 1 aliphatic rings.